The minimum Gasteiger partial charge on any atom is -0.378 e. The number of anilines is 1. The number of carbonyl (C=O) groups is 1. The fraction of sp³-hybridized carbons (Fsp3) is 0.632. The summed E-state index contributed by atoms with van der Waals surface area (Å²) in [6.45, 7) is 10.1. The molecular weight excluding hydrogens is 302 g/mol. The van der Waals surface area contributed by atoms with E-state index in [9.17, 15) is 4.79 Å². The van der Waals surface area contributed by atoms with E-state index >= 15 is 0 Å². The first kappa shape index (κ1) is 17.2. The molecule has 2 aliphatic rings. The smallest absolute Gasteiger partial charge is 0.219 e. The molecule has 2 saturated heterocycles. The molecule has 2 fully saturated rings. The predicted molar refractivity (Wildman–Crippen MR) is 96.1 cm³/mol. The van der Waals surface area contributed by atoms with E-state index in [-0.39, 0.29) is 5.91 Å². The van der Waals surface area contributed by atoms with Crippen molar-refractivity contribution < 1.29 is 9.53 Å². The van der Waals surface area contributed by atoms with E-state index in [2.05, 4.69) is 41.4 Å². The summed E-state index contributed by atoms with van der Waals surface area (Å²) in [5.74, 6) is 0.689. The molecule has 0 radical (unpaired) electrons. The fourth-order valence-corrected chi connectivity index (χ4v) is 3.63. The van der Waals surface area contributed by atoms with Crippen LogP contribution in [0.2, 0.25) is 0 Å². The van der Waals surface area contributed by atoms with Gasteiger partial charge in [-0.2, -0.15) is 0 Å². The van der Waals surface area contributed by atoms with E-state index < -0.39 is 0 Å². The van der Waals surface area contributed by atoms with Gasteiger partial charge in [-0.1, -0.05) is 19.1 Å². The SMILES string of the molecule is CC(=O)N1CC[C@@H](NCc2ccc(N3CCOCC3)cc2)[C@H](C)C1. The molecule has 0 aromatic heterocycles. The van der Waals surface area contributed by atoms with Gasteiger partial charge in [-0.05, 0) is 30.0 Å². The van der Waals surface area contributed by atoms with Gasteiger partial charge in [-0.3, -0.25) is 4.79 Å². The van der Waals surface area contributed by atoms with Crippen molar-refractivity contribution in [2.45, 2.75) is 32.9 Å². The molecule has 2 heterocycles. The Morgan fingerprint density at radius 2 is 1.92 bits per heavy atom. The number of likely N-dealkylation sites (tertiary alicyclic amines) is 1. The molecule has 1 N–H and O–H groups in total. The maximum absolute atomic E-state index is 11.5. The van der Waals surface area contributed by atoms with Crippen LogP contribution < -0.4 is 10.2 Å². The number of hydrogen-bond acceptors (Lipinski definition) is 4. The van der Waals surface area contributed by atoms with Crippen molar-refractivity contribution in [3.05, 3.63) is 29.8 Å². The standard InChI is InChI=1S/C19H29N3O2/c1-15-14-22(16(2)23)8-7-19(15)20-13-17-3-5-18(6-4-17)21-9-11-24-12-10-21/h3-6,15,19-20H,7-14H2,1-2H3/t15-,19-/m1/s1. The molecule has 0 bridgehead atoms. The number of rotatable bonds is 4. The molecule has 0 unspecified atom stereocenters. The second-order valence-electron chi connectivity index (χ2n) is 6.98. The van der Waals surface area contributed by atoms with Crippen LogP contribution >= 0.6 is 0 Å². The minimum absolute atomic E-state index is 0.194. The average Bonchev–Trinajstić information content (AvgIpc) is 2.62. The average molecular weight is 331 g/mol. The van der Waals surface area contributed by atoms with Crippen LogP contribution in [0.1, 0.15) is 25.8 Å². The second kappa shape index (κ2) is 7.99. The van der Waals surface area contributed by atoms with E-state index in [1.165, 1.54) is 11.3 Å². The summed E-state index contributed by atoms with van der Waals surface area (Å²) in [6, 6.07) is 9.34. The molecule has 24 heavy (non-hydrogen) atoms. The molecule has 2 atom stereocenters. The Morgan fingerprint density at radius 3 is 2.54 bits per heavy atom. The van der Waals surface area contributed by atoms with Crippen LogP contribution in [0.15, 0.2) is 24.3 Å². The Hall–Kier alpha value is -1.59. The summed E-state index contributed by atoms with van der Waals surface area (Å²) in [4.78, 5) is 15.8. The zero-order chi connectivity index (χ0) is 16.9. The topological polar surface area (TPSA) is 44.8 Å². The number of amides is 1. The summed E-state index contributed by atoms with van der Waals surface area (Å²) in [6.07, 6.45) is 1.03. The quantitative estimate of drug-likeness (QED) is 0.915. The highest BCUT2D eigenvalue weighted by atomic mass is 16.5. The number of nitrogens with zero attached hydrogens (tertiary/aromatic N) is 2. The normalized spacial score (nSPS) is 24.9. The van der Waals surface area contributed by atoms with Crippen molar-refractivity contribution in [2.24, 2.45) is 5.92 Å². The molecule has 1 aromatic rings. The molecule has 2 aliphatic heterocycles. The van der Waals surface area contributed by atoms with Crippen molar-refractivity contribution in [1.82, 2.24) is 10.2 Å². The molecule has 0 saturated carbocycles. The van der Waals surface area contributed by atoms with Gasteiger partial charge in [-0.15, -0.1) is 0 Å². The van der Waals surface area contributed by atoms with E-state index in [4.69, 9.17) is 4.74 Å². The van der Waals surface area contributed by atoms with Gasteiger partial charge < -0.3 is 19.9 Å². The van der Waals surface area contributed by atoms with Gasteiger partial charge >= 0.3 is 0 Å². The Labute approximate surface area is 145 Å². The van der Waals surface area contributed by atoms with E-state index in [1.54, 1.807) is 6.92 Å². The lowest BCUT2D eigenvalue weighted by molar-refractivity contribution is -0.130. The zero-order valence-electron chi connectivity index (χ0n) is 14.8. The highest BCUT2D eigenvalue weighted by Gasteiger charge is 2.26. The summed E-state index contributed by atoms with van der Waals surface area (Å²) in [5.41, 5.74) is 2.60. The lowest BCUT2D eigenvalue weighted by Gasteiger charge is -2.37. The summed E-state index contributed by atoms with van der Waals surface area (Å²) >= 11 is 0. The summed E-state index contributed by atoms with van der Waals surface area (Å²) in [5, 5.41) is 3.67. The largest absolute Gasteiger partial charge is 0.378 e. The van der Waals surface area contributed by atoms with E-state index in [0.29, 0.717) is 12.0 Å². The van der Waals surface area contributed by atoms with Crippen molar-refractivity contribution >= 4 is 11.6 Å². The number of carbonyl (C=O) groups excluding carboxylic acids is 1. The molecule has 132 valence electrons. The number of ether oxygens (including phenoxy) is 1. The van der Waals surface area contributed by atoms with Crippen LogP contribution in [0.4, 0.5) is 5.69 Å². The van der Waals surface area contributed by atoms with Crippen LogP contribution in [0.3, 0.4) is 0 Å². The Kier molecular flexibility index (Phi) is 5.74. The third-order valence-electron chi connectivity index (χ3n) is 5.23. The fourth-order valence-electron chi connectivity index (χ4n) is 3.63. The first-order valence-corrected chi connectivity index (χ1v) is 9.04. The lowest BCUT2D eigenvalue weighted by Crippen LogP contribution is -2.49. The van der Waals surface area contributed by atoms with Gasteiger partial charge in [-0.25, -0.2) is 0 Å². The van der Waals surface area contributed by atoms with Gasteiger partial charge in [0.1, 0.15) is 0 Å². The van der Waals surface area contributed by atoms with Crippen LogP contribution in [-0.4, -0.2) is 56.2 Å². The summed E-state index contributed by atoms with van der Waals surface area (Å²) < 4.78 is 5.41. The summed E-state index contributed by atoms with van der Waals surface area (Å²) in [7, 11) is 0. The zero-order valence-corrected chi connectivity index (χ0v) is 14.8. The third kappa shape index (κ3) is 4.28. The molecular formula is C19H29N3O2. The first-order valence-electron chi connectivity index (χ1n) is 9.04. The number of benzene rings is 1. The van der Waals surface area contributed by atoms with Crippen LogP contribution in [0.5, 0.6) is 0 Å². The van der Waals surface area contributed by atoms with Crippen LogP contribution in [-0.2, 0) is 16.1 Å². The number of morpholine rings is 1. The third-order valence-corrected chi connectivity index (χ3v) is 5.23. The van der Waals surface area contributed by atoms with Crippen LogP contribution in [0.25, 0.3) is 0 Å². The molecule has 3 rings (SSSR count). The maximum Gasteiger partial charge on any atom is 0.219 e. The van der Waals surface area contributed by atoms with Gasteiger partial charge in [0.05, 0.1) is 13.2 Å². The Bertz CT molecular complexity index is 540. The first-order chi connectivity index (χ1) is 11.6. The molecule has 0 aliphatic carbocycles. The van der Waals surface area contributed by atoms with Crippen molar-refractivity contribution in [3.8, 4) is 0 Å². The Morgan fingerprint density at radius 1 is 1.21 bits per heavy atom. The Balaban J connectivity index is 1.49. The van der Waals surface area contributed by atoms with Crippen molar-refractivity contribution in [2.75, 3.05) is 44.3 Å². The van der Waals surface area contributed by atoms with Gasteiger partial charge in [0.2, 0.25) is 5.91 Å². The highest BCUT2D eigenvalue weighted by molar-refractivity contribution is 5.73. The molecule has 1 aromatic carbocycles. The van der Waals surface area contributed by atoms with Gasteiger partial charge in [0, 0.05) is 51.4 Å². The predicted octanol–water partition coefficient (Wildman–Crippen LogP) is 1.87. The molecule has 0 spiro atoms. The van der Waals surface area contributed by atoms with E-state index in [0.717, 1.165) is 52.4 Å². The number of hydrogen-bond donors (Lipinski definition) is 1. The number of piperidine rings is 1. The van der Waals surface area contributed by atoms with Crippen molar-refractivity contribution in [1.29, 1.82) is 0 Å². The second-order valence-corrected chi connectivity index (χ2v) is 6.98. The molecule has 5 nitrogen and oxygen atoms in total. The molecule has 1 amide bonds. The lowest BCUT2D eigenvalue weighted by atomic mass is 9.93. The maximum atomic E-state index is 11.5. The van der Waals surface area contributed by atoms with E-state index in [1.807, 2.05) is 4.90 Å². The van der Waals surface area contributed by atoms with Crippen LogP contribution in [0, 0.1) is 5.92 Å². The highest BCUT2D eigenvalue weighted by Crippen LogP contribution is 2.19. The monoisotopic (exact) mass is 331 g/mol. The number of nitrogens with one attached hydrogen (secondary N) is 1. The minimum atomic E-state index is 0.194. The van der Waals surface area contributed by atoms with Gasteiger partial charge in [0.15, 0.2) is 0 Å². The van der Waals surface area contributed by atoms with Crippen molar-refractivity contribution in [3.63, 3.8) is 0 Å². The molecule has 5 heteroatoms. The van der Waals surface area contributed by atoms with Gasteiger partial charge in [0.25, 0.3) is 0 Å².